The number of hydrogen-bond acceptors (Lipinski definition) is 5. The third-order valence-corrected chi connectivity index (χ3v) is 4.19. The first kappa shape index (κ1) is 16.9. The summed E-state index contributed by atoms with van der Waals surface area (Å²) < 4.78 is 0. The summed E-state index contributed by atoms with van der Waals surface area (Å²) in [6.07, 6.45) is 1.97. The van der Waals surface area contributed by atoms with E-state index in [2.05, 4.69) is 20.4 Å². The quantitative estimate of drug-likeness (QED) is 0.803. The van der Waals surface area contributed by atoms with Crippen molar-refractivity contribution in [2.75, 3.05) is 36.4 Å². The summed E-state index contributed by atoms with van der Waals surface area (Å²) in [6.45, 7) is 2.83. The maximum Gasteiger partial charge on any atom is 0.225 e. The van der Waals surface area contributed by atoms with Crippen LogP contribution in [0.2, 0.25) is 0 Å². The summed E-state index contributed by atoms with van der Waals surface area (Å²) in [5.74, 6) is 1.13. The normalized spacial score (nSPS) is 14.2. The molecular weight excluding hydrogens is 318 g/mol. The molecule has 0 saturated carbocycles. The van der Waals surface area contributed by atoms with Gasteiger partial charge in [0.15, 0.2) is 11.6 Å². The number of piperazine rings is 1. The Morgan fingerprint density at radius 1 is 1.04 bits per heavy atom. The highest BCUT2D eigenvalue weighted by atomic mass is 16.1. The van der Waals surface area contributed by atoms with E-state index in [9.17, 15) is 9.59 Å². The number of carbonyl (C=O) groups excluding carboxylic acids is 2. The van der Waals surface area contributed by atoms with Crippen LogP contribution in [0, 0.1) is 0 Å². The van der Waals surface area contributed by atoms with Gasteiger partial charge in [-0.15, -0.1) is 10.2 Å². The van der Waals surface area contributed by atoms with Crippen LogP contribution in [0.3, 0.4) is 0 Å². The molecule has 1 aliphatic rings. The van der Waals surface area contributed by atoms with Gasteiger partial charge in [-0.25, -0.2) is 0 Å². The molecule has 7 nitrogen and oxygen atoms in total. The minimum absolute atomic E-state index is 0.0782. The zero-order valence-electron chi connectivity index (χ0n) is 14.0. The molecule has 25 heavy (non-hydrogen) atoms. The molecule has 1 aromatic carbocycles. The molecule has 0 unspecified atom stereocenters. The topological polar surface area (TPSA) is 78.4 Å². The Kier molecular flexibility index (Phi) is 5.56. The van der Waals surface area contributed by atoms with E-state index in [1.54, 1.807) is 11.0 Å². The lowest BCUT2D eigenvalue weighted by Crippen LogP contribution is -2.46. The van der Waals surface area contributed by atoms with Crippen LogP contribution in [-0.4, -0.2) is 53.6 Å². The molecule has 2 heterocycles. The molecule has 3 rings (SSSR count). The Morgan fingerprint density at radius 3 is 2.44 bits per heavy atom. The van der Waals surface area contributed by atoms with Crippen molar-refractivity contribution in [2.24, 2.45) is 0 Å². The first-order valence-electron chi connectivity index (χ1n) is 8.36. The van der Waals surface area contributed by atoms with Crippen molar-refractivity contribution in [1.82, 2.24) is 15.1 Å². The summed E-state index contributed by atoms with van der Waals surface area (Å²) >= 11 is 0. The molecule has 1 N–H and O–H groups in total. The fourth-order valence-corrected chi connectivity index (χ4v) is 2.72. The highest BCUT2D eigenvalue weighted by Gasteiger charge is 2.17. The molecule has 2 amide bonds. The number of aromatic nitrogens is 2. The highest BCUT2D eigenvalue weighted by molar-refractivity contribution is 5.89. The summed E-state index contributed by atoms with van der Waals surface area (Å²) in [7, 11) is 0. The number of anilines is 2. The number of nitrogens with one attached hydrogen (secondary N) is 1. The molecule has 1 aromatic heterocycles. The fraction of sp³-hybridized carbons (Fsp3) is 0.333. The Bertz CT molecular complexity index is 697. The van der Waals surface area contributed by atoms with Gasteiger partial charge in [0, 0.05) is 32.6 Å². The van der Waals surface area contributed by atoms with Crippen LogP contribution in [0.15, 0.2) is 42.5 Å². The average Bonchev–Trinajstić information content (AvgIpc) is 2.68. The van der Waals surface area contributed by atoms with Gasteiger partial charge in [0.25, 0.3) is 0 Å². The van der Waals surface area contributed by atoms with Gasteiger partial charge in [-0.2, -0.15) is 0 Å². The molecule has 0 bridgehead atoms. The maximum atomic E-state index is 12.0. The minimum Gasteiger partial charge on any atom is -0.352 e. The molecule has 2 aromatic rings. The lowest BCUT2D eigenvalue weighted by Gasteiger charge is -2.32. The molecule has 130 valence electrons. The molecule has 1 aliphatic heterocycles. The first-order valence-corrected chi connectivity index (χ1v) is 8.36. The van der Waals surface area contributed by atoms with Crippen LogP contribution in [0.5, 0.6) is 0 Å². The Hall–Kier alpha value is -2.96. The van der Waals surface area contributed by atoms with E-state index in [4.69, 9.17) is 0 Å². The van der Waals surface area contributed by atoms with Gasteiger partial charge in [0.05, 0.1) is 0 Å². The van der Waals surface area contributed by atoms with Crippen molar-refractivity contribution in [3.05, 3.63) is 48.0 Å². The number of amides is 2. The number of benzene rings is 1. The fourth-order valence-electron chi connectivity index (χ4n) is 2.72. The van der Waals surface area contributed by atoms with Gasteiger partial charge in [-0.3, -0.25) is 9.59 Å². The monoisotopic (exact) mass is 339 g/mol. The lowest BCUT2D eigenvalue weighted by atomic mass is 10.1. The number of carbonyl (C=O) groups is 2. The van der Waals surface area contributed by atoms with Crippen molar-refractivity contribution in [1.29, 1.82) is 0 Å². The van der Waals surface area contributed by atoms with Crippen molar-refractivity contribution >= 4 is 24.0 Å². The first-order chi connectivity index (χ1) is 12.2. The Labute approximate surface area is 146 Å². The second-order valence-corrected chi connectivity index (χ2v) is 5.94. The Morgan fingerprint density at radius 2 is 1.80 bits per heavy atom. The number of hydrogen-bond donors (Lipinski definition) is 1. The summed E-state index contributed by atoms with van der Waals surface area (Å²) in [6, 6.07) is 13.5. The van der Waals surface area contributed by atoms with E-state index in [1.165, 1.54) is 0 Å². The highest BCUT2D eigenvalue weighted by Crippen LogP contribution is 2.14. The molecule has 0 aliphatic carbocycles. The molecule has 0 radical (unpaired) electrons. The SMILES string of the molecule is O=CN1CCN(c2ccc(NC(=O)CCc3ccccc3)nn2)CC1. The molecule has 1 fully saturated rings. The molecular formula is C18H21N5O2. The third-order valence-electron chi connectivity index (χ3n) is 4.19. The second kappa shape index (κ2) is 8.23. The van der Waals surface area contributed by atoms with E-state index in [-0.39, 0.29) is 5.91 Å². The van der Waals surface area contributed by atoms with Crippen LogP contribution in [-0.2, 0) is 16.0 Å². The van der Waals surface area contributed by atoms with Crippen LogP contribution < -0.4 is 10.2 Å². The van der Waals surface area contributed by atoms with E-state index in [1.807, 2.05) is 36.4 Å². The molecule has 7 heteroatoms. The average molecular weight is 339 g/mol. The van der Waals surface area contributed by atoms with Gasteiger partial charge < -0.3 is 15.1 Å². The van der Waals surface area contributed by atoms with Crippen LogP contribution >= 0.6 is 0 Å². The van der Waals surface area contributed by atoms with Crippen molar-refractivity contribution in [3.63, 3.8) is 0 Å². The Balaban J connectivity index is 1.49. The summed E-state index contributed by atoms with van der Waals surface area (Å²) in [5, 5.41) is 11.0. The minimum atomic E-state index is -0.0782. The van der Waals surface area contributed by atoms with Gasteiger partial charge in [-0.05, 0) is 24.1 Å². The van der Waals surface area contributed by atoms with Gasteiger partial charge in [0.2, 0.25) is 12.3 Å². The third kappa shape index (κ3) is 4.76. The summed E-state index contributed by atoms with van der Waals surface area (Å²) in [5.41, 5.74) is 1.13. The van der Waals surface area contributed by atoms with E-state index < -0.39 is 0 Å². The maximum absolute atomic E-state index is 12.0. The van der Waals surface area contributed by atoms with E-state index in [0.29, 0.717) is 31.7 Å². The smallest absolute Gasteiger partial charge is 0.225 e. The van der Waals surface area contributed by atoms with Crippen molar-refractivity contribution < 1.29 is 9.59 Å². The number of nitrogens with zero attached hydrogens (tertiary/aromatic N) is 4. The second-order valence-electron chi connectivity index (χ2n) is 5.94. The van der Waals surface area contributed by atoms with Gasteiger partial charge in [-0.1, -0.05) is 30.3 Å². The predicted molar refractivity (Wildman–Crippen MR) is 95.3 cm³/mol. The lowest BCUT2D eigenvalue weighted by molar-refractivity contribution is -0.118. The zero-order chi connectivity index (χ0) is 17.5. The molecule has 0 atom stereocenters. The van der Waals surface area contributed by atoms with E-state index in [0.717, 1.165) is 30.9 Å². The predicted octanol–water partition coefficient (Wildman–Crippen LogP) is 1.33. The van der Waals surface area contributed by atoms with Crippen molar-refractivity contribution in [3.8, 4) is 0 Å². The number of aryl methyl sites for hydroxylation is 1. The molecule has 0 spiro atoms. The van der Waals surface area contributed by atoms with Crippen LogP contribution in [0.4, 0.5) is 11.6 Å². The van der Waals surface area contributed by atoms with Crippen LogP contribution in [0.1, 0.15) is 12.0 Å². The van der Waals surface area contributed by atoms with Crippen molar-refractivity contribution in [2.45, 2.75) is 12.8 Å². The van der Waals surface area contributed by atoms with Crippen LogP contribution in [0.25, 0.3) is 0 Å². The van der Waals surface area contributed by atoms with E-state index >= 15 is 0 Å². The largest absolute Gasteiger partial charge is 0.352 e. The zero-order valence-corrected chi connectivity index (χ0v) is 14.0. The summed E-state index contributed by atoms with van der Waals surface area (Å²) in [4.78, 5) is 26.6. The van der Waals surface area contributed by atoms with Gasteiger partial charge in [0.1, 0.15) is 0 Å². The number of rotatable bonds is 6. The standard InChI is InChI=1S/C18H21N5O2/c24-14-22-10-12-23(13-11-22)17-8-7-16(20-21-17)19-18(25)9-6-15-4-2-1-3-5-15/h1-5,7-8,14H,6,9-13H2,(H,19,20,25). The molecule has 1 saturated heterocycles. The van der Waals surface area contributed by atoms with Gasteiger partial charge >= 0.3 is 0 Å².